The first-order chi connectivity index (χ1) is 5.36. The van der Waals surface area contributed by atoms with E-state index in [0.29, 0.717) is 11.5 Å². The summed E-state index contributed by atoms with van der Waals surface area (Å²) in [7, 11) is 0. The van der Waals surface area contributed by atoms with Crippen LogP contribution in [-0.2, 0) is 0 Å². The van der Waals surface area contributed by atoms with E-state index in [1.165, 1.54) is 18.4 Å². The molecule has 0 radical (unpaired) electrons. The first kappa shape index (κ1) is 6.09. The molecular formula is C8H5NO2. The second-order valence-corrected chi connectivity index (χ2v) is 2.16. The van der Waals surface area contributed by atoms with Crippen molar-refractivity contribution in [2.45, 2.75) is 0 Å². The van der Waals surface area contributed by atoms with Gasteiger partial charge >= 0.3 is 0 Å². The van der Waals surface area contributed by atoms with Gasteiger partial charge in [0, 0.05) is 6.07 Å². The van der Waals surface area contributed by atoms with E-state index in [1.807, 2.05) is 0 Å². The molecule has 54 valence electrons. The Balaban J connectivity index is 2.84. The van der Waals surface area contributed by atoms with Crippen molar-refractivity contribution in [2.75, 3.05) is 0 Å². The molecule has 0 N–H and O–H groups in total. The fourth-order valence-electron chi connectivity index (χ4n) is 0.910. The third-order valence-corrected chi connectivity index (χ3v) is 1.40. The van der Waals surface area contributed by atoms with Crippen LogP contribution < -0.4 is 5.43 Å². The number of aromatic nitrogens is 1. The van der Waals surface area contributed by atoms with Crippen LogP contribution in [0.5, 0.6) is 0 Å². The summed E-state index contributed by atoms with van der Waals surface area (Å²) in [6.45, 7) is 0. The lowest BCUT2D eigenvalue weighted by molar-refractivity contribution is 0.556. The largest absolute Gasteiger partial charge is 0.461 e. The smallest absolute Gasteiger partial charge is 0.182 e. The molecule has 0 fully saturated rings. The lowest BCUT2D eigenvalue weighted by atomic mass is 10.2. The second-order valence-electron chi connectivity index (χ2n) is 2.16. The highest BCUT2D eigenvalue weighted by atomic mass is 16.3. The molecule has 3 heteroatoms. The van der Waals surface area contributed by atoms with E-state index in [2.05, 4.69) is 4.98 Å². The monoisotopic (exact) mass is 147 g/mol. The minimum absolute atomic E-state index is 0.0609. The number of nitrogens with zero attached hydrogens (tertiary/aromatic N) is 1. The van der Waals surface area contributed by atoms with Crippen LogP contribution in [0.15, 0.2) is 39.9 Å². The lowest BCUT2D eigenvalue weighted by Gasteiger charge is -1.97. The molecule has 11 heavy (non-hydrogen) atoms. The normalized spacial score (nSPS) is 10.2. The summed E-state index contributed by atoms with van der Waals surface area (Å²) in [5, 5.41) is 0. The van der Waals surface area contributed by atoms with E-state index in [1.54, 1.807) is 12.3 Å². The van der Waals surface area contributed by atoms with Gasteiger partial charge in [-0.1, -0.05) is 0 Å². The van der Waals surface area contributed by atoms with Gasteiger partial charge in [0.2, 0.25) is 0 Å². The summed E-state index contributed by atoms with van der Waals surface area (Å²) in [4.78, 5) is 14.8. The highest BCUT2D eigenvalue weighted by molar-refractivity contribution is 5.51. The molecule has 0 aromatic heterocycles. The fraction of sp³-hybridized carbons (Fsp3) is 0. The van der Waals surface area contributed by atoms with Crippen LogP contribution in [-0.4, -0.2) is 4.98 Å². The predicted octanol–water partition coefficient (Wildman–Crippen LogP) is 1.14. The average Bonchev–Trinajstić information content (AvgIpc) is 2.04. The van der Waals surface area contributed by atoms with Crippen molar-refractivity contribution < 1.29 is 4.42 Å². The van der Waals surface area contributed by atoms with Crippen molar-refractivity contribution in [1.29, 1.82) is 0 Å². The molecule has 0 unspecified atom stereocenters. The molecular weight excluding hydrogens is 142 g/mol. The van der Waals surface area contributed by atoms with Crippen molar-refractivity contribution in [3.63, 3.8) is 0 Å². The zero-order valence-electron chi connectivity index (χ0n) is 5.65. The predicted molar refractivity (Wildman–Crippen MR) is 39.4 cm³/mol. The van der Waals surface area contributed by atoms with Crippen molar-refractivity contribution in [3.05, 3.63) is 40.9 Å². The SMILES string of the molecule is O=c1ccc2nccoc-2c1. The topological polar surface area (TPSA) is 43.1 Å². The molecule has 2 aliphatic rings. The Morgan fingerprint density at radius 1 is 1.36 bits per heavy atom. The highest BCUT2D eigenvalue weighted by Gasteiger charge is 2.02. The van der Waals surface area contributed by atoms with Crippen LogP contribution in [0, 0.1) is 0 Å². The van der Waals surface area contributed by atoms with Crippen LogP contribution >= 0.6 is 0 Å². The maximum absolute atomic E-state index is 10.8. The zero-order valence-corrected chi connectivity index (χ0v) is 5.65. The van der Waals surface area contributed by atoms with Crippen molar-refractivity contribution in [1.82, 2.24) is 4.98 Å². The van der Waals surface area contributed by atoms with E-state index >= 15 is 0 Å². The van der Waals surface area contributed by atoms with Gasteiger partial charge in [0.15, 0.2) is 11.2 Å². The first-order valence-electron chi connectivity index (χ1n) is 3.20. The van der Waals surface area contributed by atoms with Gasteiger partial charge in [0.05, 0.1) is 6.20 Å². The van der Waals surface area contributed by atoms with Crippen molar-refractivity contribution in [2.24, 2.45) is 0 Å². The Morgan fingerprint density at radius 2 is 2.27 bits per heavy atom. The molecule has 0 saturated heterocycles. The maximum atomic E-state index is 10.8. The average molecular weight is 147 g/mol. The Bertz CT molecular complexity index is 394. The summed E-state index contributed by atoms with van der Waals surface area (Å²) in [6, 6.07) is 4.52. The van der Waals surface area contributed by atoms with Gasteiger partial charge in [0.1, 0.15) is 12.0 Å². The summed E-state index contributed by atoms with van der Waals surface area (Å²) >= 11 is 0. The van der Waals surface area contributed by atoms with Crippen LogP contribution in [0.25, 0.3) is 11.5 Å². The van der Waals surface area contributed by atoms with E-state index in [0.717, 1.165) is 0 Å². The number of benzene rings is 1. The molecule has 1 heterocycles. The lowest BCUT2D eigenvalue weighted by Crippen LogP contribution is -1.98. The third-order valence-electron chi connectivity index (χ3n) is 1.40. The van der Waals surface area contributed by atoms with Gasteiger partial charge < -0.3 is 4.42 Å². The van der Waals surface area contributed by atoms with E-state index in [9.17, 15) is 4.79 Å². The molecule has 0 atom stereocenters. The standard InChI is InChI=1S/C8H5NO2/c10-6-1-2-7-8(5-6)11-4-3-9-7/h1-5H. The number of rotatable bonds is 0. The number of hydrogen-bond acceptors (Lipinski definition) is 3. The molecule has 0 aromatic carbocycles. The van der Waals surface area contributed by atoms with Crippen molar-refractivity contribution >= 4 is 0 Å². The quantitative estimate of drug-likeness (QED) is 0.561. The third kappa shape index (κ3) is 1.00. The summed E-state index contributed by atoms with van der Waals surface area (Å²) in [6.07, 6.45) is 2.99. The van der Waals surface area contributed by atoms with Gasteiger partial charge in [-0.25, -0.2) is 4.98 Å². The molecule has 0 spiro atoms. The fourth-order valence-corrected chi connectivity index (χ4v) is 0.910. The van der Waals surface area contributed by atoms with Gasteiger partial charge in [-0.05, 0) is 12.1 Å². The van der Waals surface area contributed by atoms with E-state index in [-0.39, 0.29) is 5.43 Å². The van der Waals surface area contributed by atoms with Crippen LogP contribution in [0.2, 0.25) is 0 Å². The minimum atomic E-state index is -0.0609. The highest BCUT2D eigenvalue weighted by Crippen LogP contribution is 2.13. The summed E-state index contributed by atoms with van der Waals surface area (Å²) in [5.74, 6) is 0.528. The molecule has 0 amide bonds. The van der Waals surface area contributed by atoms with Crippen LogP contribution in [0.3, 0.4) is 0 Å². The van der Waals surface area contributed by atoms with Gasteiger partial charge in [-0.3, -0.25) is 4.79 Å². The van der Waals surface area contributed by atoms with E-state index < -0.39 is 0 Å². The summed E-state index contributed by atoms with van der Waals surface area (Å²) < 4.78 is 5.03. The molecule has 0 saturated carbocycles. The number of fused-ring (bicyclic) bond motifs is 1. The Hall–Kier alpha value is -1.64. The first-order valence-corrected chi connectivity index (χ1v) is 3.20. The van der Waals surface area contributed by atoms with Crippen LogP contribution in [0.1, 0.15) is 0 Å². The molecule has 3 nitrogen and oxygen atoms in total. The second kappa shape index (κ2) is 2.20. The van der Waals surface area contributed by atoms with Gasteiger partial charge in [-0.2, -0.15) is 0 Å². The molecule has 2 rings (SSSR count). The maximum Gasteiger partial charge on any atom is 0.182 e. The minimum Gasteiger partial charge on any atom is -0.461 e. The Labute approximate surface area is 62.7 Å². The summed E-state index contributed by atoms with van der Waals surface area (Å²) in [5.41, 5.74) is 0.640. The Kier molecular flexibility index (Phi) is 1.22. The van der Waals surface area contributed by atoms with Crippen molar-refractivity contribution in [3.8, 4) is 11.5 Å². The molecule has 0 bridgehead atoms. The molecule has 1 aliphatic carbocycles. The van der Waals surface area contributed by atoms with Gasteiger partial charge in [-0.15, -0.1) is 0 Å². The van der Waals surface area contributed by atoms with E-state index in [4.69, 9.17) is 4.42 Å². The van der Waals surface area contributed by atoms with Gasteiger partial charge in [0.25, 0.3) is 0 Å². The Morgan fingerprint density at radius 3 is 3.18 bits per heavy atom. The van der Waals surface area contributed by atoms with Crippen LogP contribution in [0.4, 0.5) is 0 Å². The number of hydrogen-bond donors (Lipinski definition) is 0. The molecule has 1 aliphatic heterocycles. The zero-order chi connectivity index (χ0) is 7.68. The molecule has 0 aromatic rings.